The van der Waals surface area contributed by atoms with E-state index in [1.54, 1.807) is 36.4 Å². The average molecular weight is 364 g/mol. The zero-order valence-corrected chi connectivity index (χ0v) is 13.6. The maximum atomic E-state index is 11.9. The highest BCUT2D eigenvalue weighted by Gasteiger charge is 2.08. The van der Waals surface area contributed by atoms with Crippen LogP contribution in [0.1, 0.15) is 0 Å². The Labute approximate surface area is 142 Å². The first kappa shape index (κ1) is 16.2. The Morgan fingerprint density at radius 3 is 2.00 bits per heavy atom. The van der Waals surface area contributed by atoms with Crippen LogP contribution in [0, 0.1) is 0 Å². The molecule has 0 radical (unpaired) electrons. The van der Waals surface area contributed by atoms with Crippen LogP contribution in [0.15, 0.2) is 36.4 Å². The van der Waals surface area contributed by atoms with Crippen molar-refractivity contribution in [3.63, 3.8) is 0 Å². The summed E-state index contributed by atoms with van der Waals surface area (Å²) in [7, 11) is 0. The summed E-state index contributed by atoms with van der Waals surface area (Å²) in [6, 6.07) is 9.79. The number of hydrogen-bond donors (Lipinski definition) is 2. The number of anilines is 2. The second-order valence-electron chi connectivity index (χ2n) is 4.15. The van der Waals surface area contributed by atoms with Gasteiger partial charge in [0.05, 0.1) is 28.0 Å². The van der Waals surface area contributed by atoms with Crippen LogP contribution in [0.4, 0.5) is 11.4 Å². The maximum absolute atomic E-state index is 11.9. The van der Waals surface area contributed by atoms with E-state index in [0.29, 0.717) is 31.5 Å². The van der Waals surface area contributed by atoms with E-state index in [-0.39, 0.29) is 12.5 Å². The van der Waals surface area contributed by atoms with Gasteiger partial charge in [-0.15, -0.1) is 0 Å². The van der Waals surface area contributed by atoms with Gasteiger partial charge in [0, 0.05) is 10.0 Å². The minimum Gasteiger partial charge on any atom is -0.375 e. The maximum Gasteiger partial charge on any atom is 0.243 e. The van der Waals surface area contributed by atoms with Crippen LogP contribution in [0.2, 0.25) is 20.1 Å². The second kappa shape index (κ2) is 7.23. The van der Waals surface area contributed by atoms with E-state index in [0.717, 1.165) is 0 Å². The number of benzene rings is 2. The minimum atomic E-state index is -0.282. The van der Waals surface area contributed by atoms with E-state index in [9.17, 15) is 4.79 Å². The molecule has 0 aromatic heterocycles. The summed E-state index contributed by atoms with van der Waals surface area (Å²) in [5.74, 6) is -0.282. The third-order valence-electron chi connectivity index (χ3n) is 2.57. The molecule has 3 nitrogen and oxygen atoms in total. The van der Waals surface area contributed by atoms with Crippen LogP contribution in [0.25, 0.3) is 0 Å². The summed E-state index contributed by atoms with van der Waals surface area (Å²) in [6.45, 7) is 0.0168. The van der Waals surface area contributed by atoms with Gasteiger partial charge in [-0.3, -0.25) is 4.79 Å². The second-order valence-corrected chi connectivity index (χ2v) is 5.84. The van der Waals surface area contributed by atoms with Crippen LogP contribution in [0.5, 0.6) is 0 Å². The Balaban J connectivity index is 1.99. The van der Waals surface area contributed by atoms with Gasteiger partial charge in [-0.05, 0) is 36.4 Å². The number of hydrogen-bond acceptors (Lipinski definition) is 2. The van der Waals surface area contributed by atoms with Crippen molar-refractivity contribution in [1.29, 1.82) is 0 Å². The molecule has 110 valence electrons. The van der Waals surface area contributed by atoms with Gasteiger partial charge in [0.25, 0.3) is 0 Å². The Hall–Kier alpha value is -1.13. The van der Waals surface area contributed by atoms with Crippen LogP contribution >= 0.6 is 46.4 Å². The smallest absolute Gasteiger partial charge is 0.243 e. The lowest BCUT2D eigenvalue weighted by Crippen LogP contribution is -2.22. The highest BCUT2D eigenvalue weighted by atomic mass is 35.5. The lowest BCUT2D eigenvalue weighted by Gasteiger charge is -2.10. The lowest BCUT2D eigenvalue weighted by atomic mass is 10.3. The largest absolute Gasteiger partial charge is 0.375 e. The number of carbonyl (C=O) groups excluding carboxylic acids is 1. The van der Waals surface area contributed by atoms with Crippen molar-refractivity contribution >= 4 is 63.7 Å². The van der Waals surface area contributed by atoms with Gasteiger partial charge < -0.3 is 10.6 Å². The van der Waals surface area contributed by atoms with Crippen molar-refractivity contribution in [1.82, 2.24) is 0 Å². The quantitative estimate of drug-likeness (QED) is 0.768. The van der Waals surface area contributed by atoms with E-state index < -0.39 is 0 Å². The molecule has 21 heavy (non-hydrogen) atoms. The number of carbonyl (C=O) groups is 1. The molecule has 0 unspecified atom stereocenters. The van der Waals surface area contributed by atoms with Crippen molar-refractivity contribution in [2.75, 3.05) is 17.2 Å². The lowest BCUT2D eigenvalue weighted by molar-refractivity contribution is -0.114. The molecule has 0 saturated heterocycles. The molecule has 2 aromatic carbocycles. The van der Waals surface area contributed by atoms with Gasteiger partial charge in [-0.25, -0.2) is 0 Å². The van der Waals surface area contributed by atoms with E-state index >= 15 is 0 Å². The molecule has 0 aliphatic heterocycles. The van der Waals surface area contributed by atoms with E-state index in [2.05, 4.69) is 10.6 Å². The molecule has 0 atom stereocenters. The monoisotopic (exact) mass is 362 g/mol. The number of halogens is 4. The molecule has 2 N–H and O–H groups in total. The highest BCUT2D eigenvalue weighted by molar-refractivity contribution is 6.36. The van der Waals surface area contributed by atoms with Crippen LogP contribution in [-0.4, -0.2) is 12.5 Å². The van der Waals surface area contributed by atoms with E-state index in [4.69, 9.17) is 46.4 Å². The summed E-state index contributed by atoms with van der Waals surface area (Å²) < 4.78 is 0. The summed E-state index contributed by atoms with van der Waals surface area (Å²) in [6.07, 6.45) is 0. The Bertz CT molecular complexity index is 676. The van der Waals surface area contributed by atoms with Gasteiger partial charge in [0.1, 0.15) is 0 Å². The molecule has 1 amide bonds. The minimum absolute atomic E-state index is 0.0168. The summed E-state index contributed by atoms with van der Waals surface area (Å²) in [5.41, 5.74) is 1.03. The van der Waals surface area contributed by atoms with Gasteiger partial charge in [-0.2, -0.15) is 0 Å². The fourth-order valence-corrected chi connectivity index (χ4v) is 2.29. The Morgan fingerprint density at radius 1 is 0.857 bits per heavy atom. The van der Waals surface area contributed by atoms with Gasteiger partial charge >= 0.3 is 0 Å². The summed E-state index contributed by atoms with van der Waals surface area (Å²) in [4.78, 5) is 11.9. The fraction of sp³-hybridized carbons (Fsp3) is 0.0714. The van der Waals surface area contributed by atoms with E-state index in [1.165, 1.54) is 0 Å². The first-order valence-corrected chi connectivity index (χ1v) is 7.41. The first-order valence-electron chi connectivity index (χ1n) is 5.89. The standard InChI is InChI=1S/C14H10Cl4N2O/c15-8-1-3-10(17)12(5-8)19-7-14(21)20-13-6-9(16)2-4-11(13)18/h1-6,19H,7H2,(H,20,21). The summed E-state index contributed by atoms with van der Waals surface area (Å²) >= 11 is 23.7. The molecule has 0 aliphatic rings. The predicted molar refractivity (Wildman–Crippen MR) is 90.0 cm³/mol. The number of amides is 1. The zero-order valence-electron chi connectivity index (χ0n) is 10.6. The molecular formula is C14H10Cl4N2O. The van der Waals surface area contributed by atoms with Crippen molar-refractivity contribution in [3.8, 4) is 0 Å². The van der Waals surface area contributed by atoms with Crippen molar-refractivity contribution in [3.05, 3.63) is 56.5 Å². The van der Waals surface area contributed by atoms with Crippen molar-refractivity contribution in [2.24, 2.45) is 0 Å². The van der Waals surface area contributed by atoms with E-state index in [1.807, 2.05) is 0 Å². The zero-order chi connectivity index (χ0) is 15.4. The van der Waals surface area contributed by atoms with Crippen molar-refractivity contribution < 1.29 is 4.79 Å². The van der Waals surface area contributed by atoms with Gasteiger partial charge in [0.2, 0.25) is 5.91 Å². The molecule has 0 spiro atoms. The van der Waals surface area contributed by atoms with Crippen LogP contribution < -0.4 is 10.6 Å². The predicted octanol–water partition coefficient (Wildman–Crippen LogP) is 5.35. The fourth-order valence-electron chi connectivity index (χ4n) is 1.60. The molecule has 0 saturated carbocycles. The van der Waals surface area contributed by atoms with Crippen molar-refractivity contribution in [2.45, 2.75) is 0 Å². The molecule has 0 bridgehead atoms. The molecule has 7 heteroatoms. The van der Waals surface area contributed by atoms with Gasteiger partial charge in [-0.1, -0.05) is 46.4 Å². The topological polar surface area (TPSA) is 41.1 Å². The number of nitrogens with one attached hydrogen (secondary N) is 2. The SMILES string of the molecule is O=C(CNc1cc(Cl)ccc1Cl)Nc1cc(Cl)ccc1Cl. The summed E-state index contributed by atoms with van der Waals surface area (Å²) in [5, 5.41) is 7.47. The molecule has 0 heterocycles. The molecule has 0 fully saturated rings. The van der Waals surface area contributed by atoms with Gasteiger partial charge in [0.15, 0.2) is 0 Å². The molecule has 2 aromatic rings. The van der Waals surface area contributed by atoms with Crippen LogP contribution in [0.3, 0.4) is 0 Å². The Kier molecular flexibility index (Phi) is 5.59. The third-order valence-corrected chi connectivity index (χ3v) is 3.70. The highest BCUT2D eigenvalue weighted by Crippen LogP contribution is 2.26. The third kappa shape index (κ3) is 4.68. The molecular weight excluding hydrogens is 354 g/mol. The van der Waals surface area contributed by atoms with Crippen LogP contribution in [-0.2, 0) is 4.79 Å². The first-order chi connectivity index (χ1) is 9.95. The number of rotatable bonds is 4. The normalized spacial score (nSPS) is 10.3. The molecule has 0 aliphatic carbocycles. The average Bonchev–Trinajstić information content (AvgIpc) is 2.44. The molecule has 2 rings (SSSR count). The Morgan fingerprint density at radius 2 is 1.38 bits per heavy atom.